The van der Waals surface area contributed by atoms with E-state index in [1.54, 1.807) is 23.1 Å². The molecule has 1 aliphatic heterocycles. The zero-order chi connectivity index (χ0) is 16.8. The van der Waals surface area contributed by atoms with Gasteiger partial charge in [0.05, 0.1) is 13.0 Å². The first-order valence-electron chi connectivity index (χ1n) is 7.98. The minimum absolute atomic E-state index is 0.0321. The fourth-order valence-electron chi connectivity index (χ4n) is 3.07. The van der Waals surface area contributed by atoms with Crippen molar-refractivity contribution >= 4 is 11.9 Å². The molecule has 5 nitrogen and oxygen atoms in total. The molecular formula is C17H23FN2O3. The number of carboxylic acids is 1. The van der Waals surface area contributed by atoms with Crippen LogP contribution in [-0.4, -0.2) is 59.0 Å². The third-order valence-electron chi connectivity index (χ3n) is 4.38. The number of carbonyl (C=O) groups excluding carboxylic acids is 1. The number of carbonyl (C=O) groups is 2. The Morgan fingerprint density at radius 2 is 1.96 bits per heavy atom. The maximum absolute atomic E-state index is 13.6. The topological polar surface area (TPSA) is 60.9 Å². The lowest BCUT2D eigenvalue weighted by Gasteiger charge is -2.37. The lowest BCUT2D eigenvalue weighted by Crippen LogP contribution is -2.48. The molecule has 1 aromatic rings. The Labute approximate surface area is 135 Å². The standard InChI is InChI=1S/C17H23FN2O3/c1-2-19(12-17(22)23)14-7-9-20(10-8-14)16(21)11-13-5-3-4-6-15(13)18/h3-6,14H,2,7-12H2,1H3,(H,22,23). The minimum Gasteiger partial charge on any atom is -0.480 e. The van der Waals surface area contributed by atoms with Crippen molar-refractivity contribution in [3.05, 3.63) is 35.6 Å². The van der Waals surface area contributed by atoms with Crippen molar-refractivity contribution in [2.24, 2.45) is 0 Å². The van der Waals surface area contributed by atoms with E-state index in [0.29, 0.717) is 25.2 Å². The van der Waals surface area contributed by atoms with E-state index in [4.69, 9.17) is 5.11 Å². The van der Waals surface area contributed by atoms with E-state index in [1.165, 1.54) is 6.07 Å². The number of hydrogen-bond donors (Lipinski definition) is 1. The third-order valence-corrected chi connectivity index (χ3v) is 4.38. The Morgan fingerprint density at radius 1 is 1.30 bits per heavy atom. The van der Waals surface area contributed by atoms with Gasteiger partial charge >= 0.3 is 5.97 Å². The molecule has 1 N–H and O–H groups in total. The highest BCUT2D eigenvalue weighted by molar-refractivity contribution is 5.79. The highest BCUT2D eigenvalue weighted by Crippen LogP contribution is 2.18. The Bertz CT molecular complexity index is 557. The maximum Gasteiger partial charge on any atom is 0.317 e. The molecule has 2 rings (SSSR count). The number of amides is 1. The SMILES string of the molecule is CCN(CC(=O)O)C1CCN(C(=O)Cc2ccccc2F)CC1. The number of nitrogens with zero attached hydrogens (tertiary/aromatic N) is 2. The van der Waals surface area contributed by atoms with Crippen molar-refractivity contribution in [1.29, 1.82) is 0 Å². The maximum atomic E-state index is 13.6. The minimum atomic E-state index is -0.829. The summed E-state index contributed by atoms with van der Waals surface area (Å²) in [7, 11) is 0. The van der Waals surface area contributed by atoms with E-state index in [-0.39, 0.29) is 30.7 Å². The van der Waals surface area contributed by atoms with Gasteiger partial charge in [0.1, 0.15) is 5.82 Å². The Kier molecular flexibility index (Phi) is 6.10. The predicted molar refractivity (Wildman–Crippen MR) is 84.6 cm³/mol. The second kappa shape index (κ2) is 8.06. The number of hydrogen-bond acceptors (Lipinski definition) is 3. The quantitative estimate of drug-likeness (QED) is 0.867. The number of likely N-dealkylation sites (tertiary alicyclic amines) is 1. The third kappa shape index (κ3) is 4.76. The van der Waals surface area contributed by atoms with Crippen LogP contribution in [0, 0.1) is 5.82 Å². The Morgan fingerprint density at radius 3 is 2.52 bits per heavy atom. The molecule has 0 unspecified atom stereocenters. The number of carboxylic acid groups (broad SMARTS) is 1. The van der Waals surface area contributed by atoms with Gasteiger partial charge in [0, 0.05) is 19.1 Å². The fourth-order valence-corrected chi connectivity index (χ4v) is 3.07. The van der Waals surface area contributed by atoms with Crippen molar-refractivity contribution in [3.63, 3.8) is 0 Å². The van der Waals surface area contributed by atoms with E-state index in [0.717, 1.165) is 12.8 Å². The summed E-state index contributed by atoms with van der Waals surface area (Å²) >= 11 is 0. The monoisotopic (exact) mass is 322 g/mol. The van der Waals surface area contributed by atoms with Crippen LogP contribution in [0.3, 0.4) is 0 Å². The predicted octanol–water partition coefficient (Wildman–Crippen LogP) is 1.77. The lowest BCUT2D eigenvalue weighted by molar-refractivity contribution is -0.140. The van der Waals surface area contributed by atoms with Crippen molar-refractivity contribution in [1.82, 2.24) is 9.80 Å². The molecule has 1 aliphatic rings. The first-order chi connectivity index (χ1) is 11.0. The summed E-state index contributed by atoms with van der Waals surface area (Å²) in [4.78, 5) is 26.9. The van der Waals surface area contributed by atoms with Gasteiger partial charge in [-0.2, -0.15) is 0 Å². The molecule has 0 radical (unpaired) electrons. The molecule has 0 aliphatic carbocycles. The van der Waals surface area contributed by atoms with E-state index in [1.807, 2.05) is 11.8 Å². The van der Waals surface area contributed by atoms with E-state index >= 15 is 0 Å². The Hall–Kier alpha value is -1.95. The average molecular weight is 322 g/mol. The van der Waals surface area contributed by atoms with Crippen LogP contribution in [0.2, 0.25) is 0 Å². The van der Waals surface area contributed by atoms with Crippen molar-refractivity contribution in [3.8, 4) is 0 Å². The molecule has 126 valence electrons. The van der Waals surface area contributed by atoms with Crippen molar-refractivity contribution in [2.75, 3.05) is 26.2 Å². The Balaban J connectivity index is 1.87. The first-order valence-corrected chi connectivity index (χ1v) is 7.98. The van der Waals surface area contributed by atoms with Gasteiger partial charge in [-0.3, -0.25) is 14.5 Å². The van der Waals surface area contributed by atoms with Crippen LogP contribution in [-0.2, 0) is 16.0 Å². The molecule has 0 atom stereocenters. The summed E-state index contributed by atoms with van der Waals surface area (Å²) in [5, 5.41) is 8.93. The molecule has 0 saturated carbocycles. The number of aliphatic carboxylic acids is 1. The number of rotatable bonds is 6. The summed E-state index contributed by atoms with van der Waals surface area (Å²) in [5.41, 5.74) is 0.417. The molecular weight excluding hydrogens is 299 g/mol. The zero-order valence-electron chi connectivity index (χ0n) is 13.4. The largest absolute Gasteiger partial charge is 0.480 e. The van der Waals surface area contributed by atoms with Crippen molar-refractivity contribution in [2.45, 2.75) is 32.2 Å². The molecule has 1 amide bonds. The lowest BCUT2D eigenvalue weighted by atomic mass is 10.0. The molecule has 1 saturated heterocycles. The van der Waals surface area contributed by atoms with Gasteiger partial charge in [-0.05, 0) is 31.0 Å². The highest BCUT2D eigenvalue weighted by atomic mass is 19.1. The van der Waals surface area contributed by atoms with Gasteiger partial charge < -0.3 is 10.0 Å². The van der Waals surface area contributed by atoms with Gasteiger partial charge in [-0.25, -0.2) is 4.39 Å². The van der Waals surface area contributed by atoms with Gasteiger partial charge in [0.25, 0.3) is 0 Å². The van der Waals surface area contributed by atoms with Crippen LogP contribution in [0.5, 0.6) is 0 Å². The van der Waals surface area contributed by atoms with Gasteiger partial charge in [-0.15, -0.1) is 0 Å². The fraction of sp³-hybridized carbons (Fsp3) is 0.529. The smallest absolute Gasteiger partial charge is 0.317 e. The molecule has 0 spiro atoms. The summed E-state index contributed by atoms with van der Waals surface area (Å²) in [6.07, 6.45) is 1.58. The number of piperidine rings is 1. The second-order valence-electron chi connectivity index (χ2n) is 5.84. The number of halogens is 1. The number of benzene rings is 1. The summed E-state index contributed by atoms with van der Waals surface area (Å²) in [6.45, 7) is 3.84. The van der Waals surface area contributed by atoms with Crippen LogP contribution in [0.1, 0.15) is 25.3 Å². The normalized spacial score (nSPS) is 15.9. The van der Waals surface area contributed by atoms with Crippen LogP contribution in [0.4, 0.5) is 4.39 Å². The van der Waals surface area contributed by atoms with Gasteiger partial charge in [0.15, 0.2) is 0 Å². The molecule has 0 bridgehead atoms. The first kappa shape index (κ1) is 17.4. The zero-order valence-corrected chi connectivity index (χ0v) is 13.4. The molecule has 6 heteroatoms. The molecule has 1 fully saturated rings. The van der Waals surface area contributed by atoms with Crippen molar-refractivity contribution < 1.29 is 19.1 Å². The van der Waals surface area contributed by atoms with Crippen LogP contribution >= 0.6 is 0 Å². The van der Waals surface area contributed by atoms with Crippen LogP contribution in [0.25, 0.3) is 0 Å². The summed E-state index contributed by atoms with van der Waals surface area (Å²) < 4.78 is 13.6. The van der Waals surface area contributed by atoms with Gasteiger partial charge in [-0.1, -0.05) is 25.1 Å². The average Bonchev–Trinajstić information content (AvgIpc) is 2.54. The van der Waals surface area contributed by atoms with E-state index in [2.05, 4.69) is 0 Å². The van der Waals surface area contributed by atoms with Crippen LogP contribution < -0.4 is 0 Å². The van der Waals surface area contributed by atoms with E-state index in [9.17, 15) is 14.0 Å². The number of likely N-dealkylation sites (N-methyl/N-ethyl adjacent to an activating group) is 1. The van der Waals surface area contributed by atoms with E-state index < -0.39 is 5.97 Å². The molecule has 1 aromatic carbocycles. The molecule has 1 heterocycles. The molecule has 0 aromatic heterocycles. The summed E-state index contributed by atoms with van der Waals surface area (Å²) in [6, 6.07) is 6.51. The second-order valence-corrected chi connectivity index (χ2v) is 5.84. The summed E-state index contributed by atoms with van der Waals surface area (Å²) in [5.74, 6) is -1.26. The molecule has 23 heavy (non-hydrogen) atoms. The van der Waals surface area contributed by atoms with Gasteiger partial charge in [0.2, 0.25) is 5.91 Å². The highest BCUT2D eigenvalue weighted by Gasteiger charge is 2.27. The van der Waals surface area contributed by atoms with Crippen LogP contribution in [0.15, 0.2) is 24.3 Å².